The highest BCUT2D eigenvalue weighted by Crippen LogP contribution is 2.09. The van der Waals surface area contributed by atoms with Crippen molar-refractivity contribution in [1.82, 2.24) is 14.7 Å². The van der Waals surface area contributed by atoms with Crippen LogP contribution in [-0.4, -0.2) is 114 Å². The van der Waals surface area contributed by atoms with Gasteiger partial charge in [-0.25, -0.2) is 0 Å². The number of carboxylic acid groups (broad SMARTS) is 2. The van der Waals surface area contributed by atoms with Crippen molar-refractivity contribution in [2.45, 2.75) is 32.2 Å². The third kappa shape index (κ3) is 10.4. The lowest BCUT2D eigenvalue weighted by atomic mass is 10.1. The summed E-state index contributed by atoms with van der Waals surface area (Å²) in [5.41, 5.74) is 8.45. The second-order valence-electron chi connectivity index (χ2n) is 7.15. The Morgan fingerprint density at radius 2 is 1.67 bits per heavy atom. The molecule has 0 aromatic carbocycles. The molecule has 0 saturated carbocycles. The smallest absolute Gasteiger partial charge is 0.320 e. The van der Waals surface area contributed by atoms with Crippen molar-refractivity contribution in [3.05, 3.63) is 10.4 Å². The fraction of sp³-hybridized carbons (Fsp3) is 0.833. The van der Waals surface area contributed by atoms with E-state index in [9.17, 15) is 19.5 Å². The molecule has 0 amide bonds. The summed E-state index contributed by atoms with van der Waals surface area (Å²) in [5.74, 6) is -2.35. The maximum absolute atomic E-state index is 12.1. The maximum atomic E-state index is 12.1. The van der Waals surface area contributed by atoms with Crippen molar-refractivity contribution in [2.75, 3.05) is 65.5 Å². The van der Waals surface area contributed by atoms with E-state index in [0.717, 1.165) is 12.8 Å². The first-order chi connectivity index (χ1) is 14.4. The number of unbranched alkanes of at least 4 members (excludes halogenated alkanes) is 1. The minimum absolute atomic E-state index is 0.0519. The summed E-state index contributed by atoms with van der Waals surface area (Å²) in [4.78, 5) is 43.0. The molecule has 0 aliphatic carbocycles. The number of esters is 1. The first-order valence-electron chi connectivity index (χ1n) is 10.2. The van der Waals surface area contributed by atoms with Gasteiger partial charge in [-0.3, -0.25) is 29.1 Å². The number of ether oxygens (including phenoxy) is 1. The number of carbonyl (C=O) groups is 3. The Bertz CT molecular complexity index is 612. The minimum atomic E-state index is -1.03. The average Bonchev–Trinajstić information content (AvgIpc) is 2.77. The van der Waals surface area contributed by atoms with Gasteiger partial charge in [-0.1, -0.05) is 18.5 Å². The van der Waals surface area contributed by atoms with E-state index in [2.05, 4.69) is 10.0 Å². The van der Waals surface area contributed by atoms with Crippen molar-refractivity contribution in [3.63, 3.8) is 0 Å². The Kier molecular flexibility index (Phi) is 12.4. The molecule has 12 nitrogen and oxygen atoms in total. The predicted octanol–water partition coefficient (Wildman–Crippen LogP) is 0.488. The zero-order valence-corrected chi connectivity index (χ0v) is 17.5. The fourth-order valence-corrected chi connectivity index (χ4v) is 3.22. The highest BCUT2D eigenvalue weighted by molar-refractivity contribution is 5.73. The van der Waals surface area contributed by atoms with Crippen LogP contribution in [0.2, 0.25) is 0 Å². The molecule has 12 heteroatoms. The molecule has 1 unspecified atom stereocenters. The third-order valence-electron chi connectivity index (χ3n) is 4.90. The molecule has 170 valence electrons. The molecule has 1 aliphatic heterocycles. The van der Waals surface area contributed by atoms with Gasteiger partial charge in [0.15, 0.2) is 0 Å². The molecular weight excluding hydrogens is 396 g/mol. The second-order valence-corrected chi connectivity index (χ2v) is 7.15. The van der Waals surface area contributed by atoms with Gasteiger partial charge in [0.25, 0.3) is 0 Å². The minimum Gasteiger partial charge on any atom is -0.480 e. The second kappa shape index (κ2) is 14.6. The van der Waals surface area contributed by atoms with E-state index in [1.165, 1.54) is 0 Å². The molecule has 0 bridgehead atoms. The molecule has 0 aromatic heterocycles. The van der Waals surface area contributed by atoms with Crippen molar-refractivity contribution >= 4 is 17.9 Å². The number of aliphatic carboxylic acids is 2. The summed E-state index contributed by atoms with van der Waals surface area (Å²) < 4.78 is 5.22. The quantitative estimate of drug-likeness (QED) is 0.148. The zero-order chi connectivity index (χ0) is 22.4. The third-order valence-corrected chi connectivity index (χ3v) is 4.90. The lowest BCUT2D eigenvalue weighted by Gasteiger charge is -2.30. The van der Waals surface area contributed by atoms with Gasteiger partial charge in [-0.15, -0.1) is 0 Å². The van der Waals surface area contributed by atoms with Crippen molar-refractivity contribution in [1.29, 1.82) is 0 Å². The number of nitrogens with zero attached hydrogens (tertiary/aromatic N) is 6. The van der Waals surface area contributed by atoms with Crippen LogP contribution < -0.4 is 0 Å². The Morgan fingerprint density at radius 3 is 2.20 bits per heavy atom. The van der Waals surface area contributed by atoms with E-state index in [4.69, 9.17) is 15.4 Å². The van der Waals surface area contributed by atoms with Crippen LogP contribution in [0.15, 0.2) is 5.11 Å². The summed E-state index contributed by atoms with van der Waals surface area (Å²) in [6.45, 7) is 4.79. The van der Waals surface area contributed by atoms with E-state index < -0.39 is 18.0 Å². The summed E-state index contributed by atoms with van der Waals surface area (Å²) in [6.07, 6.45) is 1.86. The lowest BCUT2D eigenvalue weighted by molar-refractivity contribution is -0.146. The van der Waals surface area contributed by atoms with Crippen molar-refractivity contribution in [2.24, 2.45) is 5.11 Å². The van der Waals surface area contributed by atoms with Crippen LogP contribution in [0.4, 0.5) is 0 Å². The molecule has 1 saturated heterocycles. The van der Waals surface area contributed by atoms with Crippen LogP contribution in [0.3, 0.4) is 0 Å². The summed E-state index contributed by atoms with van der Waals surface area (Å²) in [5, 5.41) is 22.2. The van der Waals surface area contributed by atoms with E-state index >= 15 is 0 Å². The van der Waals surface area contributed by atoms with Gasteiger partial charge in [0.2, 0.25) is 0 Å². The molecule has 1 atom stereocenters. The Labute approximate surface area is 176 Å². The van der Waals surface area contributed by atoms with Crippen LogP contribution in [0, 0.1) is 0 Å². The first-order valence-corrected chi connectivity index (χ1v) is 10.2. The number of rotatable bonds is 12. The Balaban J connectivity index is 2.85. The van der Waals surface area contributed by atoms with Gasteiger partial charge in [0.1, 0.15) is 6.04 Å². The average molecular weight is 428 g/mol. The van der Waals surface area contributed by atoms with Crippen LogP contribution in [0.25, 0.3) is 10.4 Å². The van der Waals surface area contributed by atoms with Crippen LogP contribution in [0.1, 0.15) is 26.2 Å². The fourth-order valence-electron chi connectivity index (χ4n) is 3.22. The lowest BCUT2D eigenvalue weighted by Crippen LogP contribution is -2.47. The largest absolute Gasteiger partial charge is 0.480 e. The summed E-state index contributed by atoms with van der Waals surface area (Å²) in [7, 11) is 0. The van der Waals surface area contributed by atoms with Gasteiger partial charge < -0.3 is 14.9 Å². The number of hydrogen-bond donors (Lipinski definition) is 2. The van der Waals surface area contributed by atoms with Crippen LogP contribution in [0.5, 0.6) is 0 Å². The van der Waals surface area contributed by atoms with Crippen molar-refractivity contribution in [3.8, 4) is 0 Å². The van der Waals surface area contributed by atoms with Crippen LogP contribution in [-0.2, 0) is 19.1 Å². The molecule has 0 radical (unpaired) electrons. The van der Waals surface area contributed by atoms with Crippen LogP contribution >= 0.6 is 0 Å². The zero-order valence-electron chi connectivity index (χ0n) is 17.5. The highest BCUT2D eigenvalue weighted by atomic mass is 16.5. The maximum Gasteiger partial charge on any atom is 0.320 e. The predicted molar refractivity (Wildman–Crippen MR) is 108 cm³/mol. The molecule has 0 aromatic rings. The summed E-state index contributed by atoms with van der Waals surface area (Å²) in [6, 6.07) is -0.862. The standard InChI is InChI=1S/C18H32N6O6/c1-2-3-12-30-17(27)14-23-7-6-22(13-16(25)26)8-10-24(11-9-23)15(18(28)29)4-5-20-21-19/h15H,2-14H2,1H3,(H,25,26)(H,28,29). The SMILES string of the molecule is CCCCOC(=O)CN1CCN(CC(=O)O)CCN(C(CCN=[N+]=[N-])C(=O)O)CC1. The number of azide groups is 1. The molecule has 1 aliphatic rings. The van der Waals surface area contributed by atoms with E-state index in [1.807, 2.05) is 11.8 Å². The number of carbonyl (C=O) groups excluding carboxylic acids is 1. The van der Waals surface area contributed by atoms with Gasteiger partial charge in [-0.05, 0) is 18.4 Å². The highest BCUT2D eigenvalue weighted by Gasteiger charge is 2.28. The monoisotopic (exact) mass is 428 g/mol. The normalized spacial score (nSPS) is 17.8. The van der Waals surface area contributed by atoms with E-state index in [1.54, 1.807) is 9.80 Å². The van der Waals surface area contributed by atoms with Gasteiger partial charge in [-0.2, -0.15) is 0 Å². The topological polar surface area (TPSA) is 159 Å². The van der Waals surface area contributed by atoms with Crippen molar-refractivity contribution < 1.29 is 29.3 Å². The van der Waals surface area contributed by atoms with Gasteiger partial charge >= 0.3 is 17.9 Å². The Morgan fingerprint density at radius 1 is 1.07 bits per heavy atom. The number of carboxylic acids is 2. The van der Waals surface area contributed by atoms with Gasteiger partial charge in [0.05, 0.1) is 19.7 Å². The van der Waals surface area contributed by atoms with E-state index in [-0.39, 0.29) is 32.0 Å². The Hall–Kier alpha value is -2.40. The molecular formula is C18H32N6O6. The van der Waals surface area contributed by atoms with E-state index in [0.29, 0.717) is 45.9 Å². The molecule has 0 spiro atoms. The molecule has 1 fully saturated rings. The van der Waals surface area contributed by atoms with Gasteiger partial charge in [0, 0.05) is 50.7 Å². The molecule has 1 heterocycles. The summed E-state index contributed by atoms with van der Waals surface area (Å²) >= 11 is 0. The molecule has 1 rings (SSSR count). The molecule has 2 N–H and O–H groups in total. The first kappa shape index (κ1) is 25.6. The molecule has 30 heavy (non-hydrogen) atoms. The number of hydrogen-bond acceptors (Lipinski definition) is 8.